The van der Waals surface area contributed by atoms with Crippen LogP contribution in [0.5, 0.6) is 51.7 Å². The summed E-state index contributed by atoms with van der Waals surface area (Å²) in [5.41, 5.74) is 10.4. The molecular formula is C74H113N7O19. The summed E-state index contributed by atoms with van der Waals surface area (Å²) in [6.45, 7) is 6.20. The van der Waals surface area contributed by atoms with Gasteiger partial charge in [0.25, 0.3) is 11.8 Å². The number of nitrogens with two attached hydrogens (primary N) is 1. The fourth-order valence-electron chi connectivity index (χ4n) is 12.3. The molecule has 0 radical (unpaired) electrons. The van der Waals surface area contributed by atoms with Crippen LogP contribution >= 0.6 is 0 Å². The summed E-state index contributed by atoms with van der Waals surface area (Å²) < 4.78 is 47.6. The zero-order valence-corrected chi connectivity index (χ0v) is 61.4. The summed E-state index contributed by atoms with van der Waals surface area (Å²) in [6, 6.07) is 17.8. The SMILES string of the molecule is CC.CO.COc1cc(CCCN)cc(OC)c1OC.COc1cc(CCCNC(=O)C2CCCCN2C(=O)C(=O)C2CCCCC2)cc(OC)c1OC.COc1cc(CCCO)cc(OC)c1OC.COn1nnc2ccccc21.O=C(C(=O)N1CCCCC1C(=O)O)C1CCCCC1. The normalized spacial score (nSPS) is 15.6. The second kappa shape index (κ2) is 48.2. The number of ketones is 2. The summed E-state index contributed by atoms with van der Waals surface area (Å²) >= 11 is 0. The van der Waals surface area contributed by atoms with E-state index in [4.69, 9.17) is 68.5 Å². The van der Waals surface area contributed by atoms with Gasteiger partial charge in [-0.1, -0.05) is 69.4 Å². The van der Waals surface area contributed by atoms with Crippen LogP contribution in [0.4, 0.5) is 0 Å². The Balaban J connectivity index is 0.000000339. The van der Waals surface area contributed by atoms with Crippen LogP contribution in [0.15, 0.2) is 60.7 Å². The number of benzene rings is 4. The number of aryl methyl sites for hydroxylation is 3. The molecule has 2 saturated carbocycles. The summed E-state index contributed by atoms with van der Waals surface area (Å²) in [4.78, 5) is 83.3. The fourth-order valence-corrected chi connectivity index (χ4v) is 12.3. The predicted octanol–water partition coefficient (Wildman–Crippen LogP) is 9.26. The Hall–Kier alpha value is -8.62. The second-order valence-electron chi connectivity index (χ2n) is 23.6. The highest BCUT2D eigenvalue weighted by Crippen LogP contribution is 2.41. The molecule has 4 fully saturated rings. The molecule has 3 heterocycles. The standard InChI is InChI=1S/C26H38N2O6.C14H21NO4.C12H19NO3.C12H18O4.C7H7N3O.C2H6.CH4O/c1-32-21-16-18(17-22(33-2)24(21)34-3)10-9-14-27-25(30)20-13-7-8-15-28(20)26(31)23(29)19-11-5-4-6-12-19;16-12(10-6-2-1-3-7-10)13(17)15-9-5-4-8-11(15)14(18)19;2*1-14-10-7-9(5-4-6-13)8-11(15-2)12(10)16-3;1-11-10-7-5-3-2-4-6(7)8-9-10;2*1-2/h16-17,19-20H,4-15H2,1-3H3,(H,27,30);10-11H,1-9H2,(H,18,19);7-8H,4-6,13H2,1-3H3;7-8,13H,4-6H2,1-3H3;2-5H,1H3;1-2H3;2H,1H3. The van der Waals surface area contributed by atoms with Crippen LogP contribution in [-0.4, -0.2) is 199 Å². The molecule has 1 aromatic heterocycles. The number of para-hydroxylation sites is 1. The van der Waals surface area contributed by atoms with Crippen molar-refractivity contribution in [2.24, 2.45) is 17.6 Å². The Morgan fingerprint density at radius 2 is 0.870 bits per heavy atom. The number of amides is 3. The second-order valence-corrected chi connectivity index (χ2v) is 23.6. The molecule has 26 nitrogen and oxygen atoms in total. The molecule has 26 heteroatoms. The van der Waals surface area contributed by atoms with Crippen molar-refractivity contribution in [2.75, 3.05) is 111 Å². The molecule has 4 aliphatic rings. The first-order valence-electron chi connectivity index (χ1n) is 34.7. The van der Waals surface area contributed by atoms with Crippen LogP contribution in [-0.2, 0) is 48.0 Å². The molecule has 9 rings (SSSR count). The third kappa shape index (κ3) is 25.8. The molecule has 2 saturated heterocycles. The molecule has 0 spiro atoms. The minimum Gasteiger partial charge on any atom is -0.493 e. The Kier molecular flexibility index (Phi) is 41.3. The Morgan fingerprint density at radius 1 is 0.500 bits per heavy atom. The highest BCUT2D eigenvalue weighted by molar-refractivity contribution is 6.37. The summed E-state index contributed by atoms with van der Waals surface area (Å²) in [7, 11) is 16.9. The molecule has 3 amide bonds. The zero-order chi connectivity index (χ0) is 73.9. The van der Waals surface area contributed by atoms with E-state index in [0.29, 0.717) is 104 Å². The minimum atomic E-state index is -0.996. The Bertz CT molecular complexity index is 3100. The van der Waals surface area contributed by atoms with Gasteiger partial charge in [-0.15, -0.1) is 5.10 Å². The van der Waals surface area contributed by atoms with Crippen molar-refractivity contribution in [3.8, 4) is 51.7 Å². The Labute approximate surface area is 590 Å². The average molecular weight is 1400 g/mol. The number of aromatic nitrogens is 3. The van der Waals surface area contributed by atoms with E-state index in [1.165, 1.54) is 14.6 Å². The van der Waals surface area contributed by atoms with Crippen molar-refractivity contribution in [3.05, 3.63) is 77.4 Å². The number of aliphatic hydroxyl groups excluding tert-OH is 2. The van der Waals surface area contributed by atoms with Crippen molar-refractivity contribution in [1.82, 2.24) is 30.3 Å². The molecule has 6 N–H and O–H groups in total. The average Bonchev–Trinajstić information content (AvgIpc) is 1.38. The molecule has 2 atom stereocenters. The fraction of sp³-hybridized carbons (Fsp3) is 0.595. The van der Waals surface area contributed by atoms with Gasteiger partial charge in [-0.3, -0.25) is 24.0 Å². The van der Waals surface area contributed by atoms with E-state index >= 15 is 0 Å². The molecule has 2 unspecified atom stereocenters. The van der Waals surface area contributed by atoms with E-state index < -0.39 is 29.9 Å². The van der Waals surface area contributed by atoms with Crippen molar-refractivity contribution in [1.29, 1.82) is 0 Å². The van der Waals surface area contributed by atoms with E-state index in [2.05, 4.69) is 15.6 Å². The number of nitrogens with zero attached hydrogens (tertiary/aromatic N) is 5. The van der Waals surface area contributed by atoms with E-state index in [1.54, 1.807) is 71.1 Å². The molecule has 5 aromatic rings. The molecular weight excluding hydrogens is 1290 g/mol. The molecule has 0 bridgehead atoms. The lowest BCUT2D eigenvalue weighted by Gasteiger charge is -2.35. The van der Waals surface area contributed by atoms with Crippen molar-refractivity contribution >= 4 is 46.3 Å². The van der Waals surface area contributed by atoms with Gasteiger partial charge in [-0.25, -0.2) is 4.79 Å². The number of fused-ring (bicyclic) bond motifs is 1. The van der Waals surface area contributed by atoms with Crippen LogP contribution in [0.3, 0.4) is 0 Å². The van der Waals surface area contributed by atoms with E-state index in [0.717, 1.165) is 150 Å². The Morgan fingerprint density at radius 3 is 1.24 bits per heavy atom. The van der Waals surface area contributed by atoms with Gasteiger partial charge in [0.1, 0.15) is 30.2 Å². The number of hydrogen-bond acceptors (Lipinski definition) is 21. The number of piperidine rings is 2. The maximum atomic E-state index is 13.0. The van der Waals surface area contributed by atoms with Crippen LogP contribution < -0.4 is 58.5 Å². The lowest BCUT2D eigenvalue weighted by Crippen LogP contribution is -2.54. The number of carboxylic acids is 1. The van der Waals surface area contributed by atoms with E-state index in [9.17, 15) is 28.8 Å². The largest absolute Gasteiger partial charge is 0.493 e. The zero-order valence-electron chi connectivity index (χ0n) is 61.4. The number of ether oxygens (including phenoxy) is 9. The molecule has 4 aromatic carbocycles. The number of methoxy groups -OCH3 is 9. The number of aliphatic carboxylic acids is 1. The maximum Gasteiger partial charge on any atom is 0.326 e. The van der Waals surface area contributed by atoms with Crippen LogP contribution in [0.1, 0.15) is 153 Å². The third-order valence-electron chi connectivity index (χ3n) is 17.4. The molecule has 100 heavy (non-hydrogen) atoms. The lowest BCUT2D eigenvalue weighted by molar-refractivity contribution is -0.156. The van der Waals surface area contributed by atoms with Gasteiger partial charge in [-0.2, -0.15) is 0 Å². The van der Waals surface area contributed by atoms with Gasteiger partial charge in [-0.05, 0) is 180 Å². The van der Waals surface area contributed by atoms with Gasteiger partial charge in [0.05, 0.1) is 64.0 Å². The summed E-state index contributed by atoms with van der Waals surface area (Å²) in [6.07, 6.45) is 18.5. The first-order valence-corrected chi connectivity index (χ1v) is 34.7. The number of likely N-dealkylation sites (tertiary alicyclic amines) is 2. The highest BCUT2D eigenvalue weighted by atomic mass is 16.7. The maximum absolute atomic E-state index is 13.0. The van der Waals surface area contributed by atoms with E-state index in [1.807, 2.05) is 74.5 Å². The van der Waals surface area contributed by atoms with Gasteiger partial charge in [0.15, 0.2) is 34.5 Å². The number of carbonyl (C=O) groups excluding carboxylic acids is 5. The predicted molar refractivity (Wildman–Crippen MR) is 381 cm³/mol. The number of carboxylic acid groups (broad SMARTS) is 1. The van der Waals surface area contributed by atoms with Crippen LogP contribution in [0.25, 0.3) is 11.0 Å². The van der Waals surface area contributed by atoms with Crippen molar-refractivity contribution in [3.63, 3.8) is 0 Å². The van der Waals surface area contributed by atoms with E-state index in [-0.39, 0.29) is 35.9 Å². The summed E-state index contributed by atoms with van der Waals surface area (Å²) in [5.74, 6) is 2.40. The van der Waals surface area contributed by atoms with Crippen molar-refractivity contribution < 1.29 is 91.6 Å². The number of nitrogens with one attached hydrogen (secondary N) is 1. The number of carbonyl (C=O) groups is 6. The number of rotatable bonds is 26. The minimum absolute atomic E-state index is 0.172. The monoisotopic (exact) mass is 1400 g/mol. The molecule has 2 aliphatic carbocycles. The quantitative estimate of drug-likeness (QED) is 0.0254. The van der Waals surface area contributed by atoms with Gasteiger partial charge in [0.2, 0.25) is 34.7 Å². The third-order valence-corrected chi connectivity index (χ3v) is 17.4. The number of Topliss-reactive ketones (excluding diaryl/α,β-unsaturated/α-hetero) is 2. The summed E-state index contributed by atoms with van der Waals surface area (Å²) in [5, 5.41) is 35.5. The van der Waals surface area contributed by atoms with Crippen molar-refractivity contribution in [2.45, 2.75) is 167 Å². The first kappa shape index (κ1) is 85.6. The number of hydrogen-bond donors (Lipinski definition) is 5. The van der Waals surface area contributed by atoms with Gasteiger partial charge < -0.3 is 83.6 Å². The molecule has 558 valence electrons. The highest BCUT2D eigenvalue weighted by Gasteiger charge is 2.39. The smallest absolute Gasteiger partial charge is 0.326 e. The lowest BCUT2D eigenvalue weighted by atomic mass is 9.85. The first-order chi connectivity index (χ1) is 48.5. The van der Waals surface area contributed by atoms with Crippen LogP contribution in [0.2, 0.25) is 0 Å². The number of aliphatic hydroxyl groups is 2. The van der Waals surface area contributed by atoms with Gasteiger partial charge >= 0.3 is 5.97 Å². The van der Waals surface area contributed by atoms with Gasteiger partial charge in [0, 0.05) is 45.2 Å². The van der Waals surface area contributed by atoms with Crippen LogP contribution in [0, 0.1) is 11.8 Å². The molecule has 2 aliphatic heterocycles. The topological polar surface area (TPSA) is 331 Å².